The van der Waals surface area contributed by atoms with Gasteiger partial charge in [-0.05, 0) is 60.5 Å². The molecule has 0 aliphatic heterocycles. The Hall–Kier alpha value is -2.34. The molecule has 0 aliphatic carbocycles. The Kier molecular flexibility index (Phi) is 6.19. The second-order valence-corrected chi connectivity index (χ2v) is 9.12. The number of aryl methyl sites for hydroxylation is 1. The molecule has 1 heterocycles. The monoisotopic (exact) mass is 438 g/mol. The summed E-state index contributed by atoms with van der Waals surface area (Å²) >= 11 is 9.38. The van der Waals surface area contributed by atoms with Gasteiger partial charge in [0.1, 0.15) is 5.01 Å². The third kappa shape index (κ3) is 4.99. The van der Waals surface area contributed by atoms with E-state index in [0.29, 0.717) is 11.5 Å². The van der Waals surface area contributed by atoms with Gasteiger partial charge in [0.25, 0.3) is 0 Å². The van der Waals surface area contributed by atoms with E-state index < -0.39 is 0 Å². The summed E-state index contributed by atoms with van der Waals surface area (Å²) in [5, 5.41) is 4.67. The molecule has 146 valence electrons. The van der Waals surface area contributed by atoms with Gasteiger partial charge in [0.05, 0.1) is 16.0 Å². The number of thioether (sulfide) groups is 1. The van der Waals surface area contributed by atoms with Crippen molar-refractivity contribution in [2.24, 2.45) is 0 Å². The van der Waals surface area contributed by atoms with Gasteiger partial charge in [-0.15, -0.1) is 23.1 Å². The largest absolute Gasteiger partial charge is 0.325 e. The first-order valence-electron chi connectivity index (χ1n) is 9.17. The Bertz CT molecular complexity index is 1160. The predicted octanol–water partition coefficient (Wildman–Crippen LogP) is 6.80. The Morgan fingerprint density at radius 3 is 2.69 bits per heavy atom. The molecule has 0 unspecified atom stereocenters. The summed E-state index contributed by atoms with van der Waals surface area (Å²) in [6, 6.07) is 21.8. The normalized spacial score (nSPS) is 11.0. The number of hydrogen-bond donors (Lipinski definition) is 1. The van der Waals surface area contributed by atoms with E-state index in [-0.39, 0.29) is 5.91 Å². The molecule has 0 fully saturated rings. The highest BCUT2D eigenvalue weighted by molar-refractivity contribution is 7.99. The lowest BCUT2D eigenvalue weighted by atomic mass is 10.2. The fraction of sp³-hybridized carbons (Fsp3) is 0.130. The molecule has 0 bridgehead atoms. The van der Waals surface area contributed by atoms with Crippen LogP contribution >= 0.6 is 34.7 Å². The smallest absolute Gasteiger partial charge is 0.234 e. The number of hydrogen-bond acceptors (Lipinski definition) is 4. The minimum absolute atomic E-state index is 0.0229. The zero-order chi connectivity index (χ0) is 20.2. The summed E-state index contributed by atoms with van der Waals surface area (Å²) in [6.07, 6.45) is 0. The Labute approximate surface area is 183 Å². The maximum absolute atomic E-state index is 12.2. The van der Waals surface area contributed by atoms with E-state index in [9.17, 15) is 4.79 Å². The van der Waals surface area contributed by atoms with Crippen LogP contribution in [0.5, 0.6) is 0 Å². The molecule has 6 heteroatoms. The summed E-state index contributed by atoms with van der Waals surface area (Å²) in [4.78, 5) is 16.9. The molecule has 1 N–H and O–H groups in total. The number of benzene rings is 3. The fourth-order valence-corrected chi connectivity index (χ4v) is 5.10. The van der Waals surface area contributed by atoms with Gasteiger partial charge in [-0.3, -0.25) is 4.79 Å². The van der Waals surface area contributed by atoms with E-state index in [4.69, 9.17) is 16.6 Å². The molecule has 0 spiro atoms. The molecule has 0 atom stereocenters. The highest BCUT2D eigenvalue weighted by atomic mass is 35.5. The number of thiazole rings is 1. The first kappa shape index (κ1) is 20.0. The van der Waals surface area contributed by atoms with Gasteiger partial charge in [0, 0.05) is 22.0 Å². The topological polar surface area (TPSA) is 42.0 Å². The van der Waals surface area contributed by atoms with Gasteiger partial charge in [-0.2, -0.15) is 0 Å². The zero-order valence-electron chi connectivity index (χ0n) is 15.8. The van der Waals surface area contributed by atoms with Gasteiger partial charge < -0.3 is 5.32 Å². The number of fused-ring (bicyclic) bond motifs is 1. The van der Waals surface area contributed by atoms with Gasteiger partial charge in [0.2, 0.25) is 5.91 Å². The van der Waals surface area contributed by atoms with E-state index >= 15 is 0 Å². The lowest BCUT2D eigenvalue weighted by Gasteiger charge is -2.07. The number of carbonyl (C=O) groups excluding carboxylic acids is 1. The Morgan fingerprint density at radius 1 is 1.10 bits per heavy atom. The quantitative estimate of drug-likeness (QED) is 0.360. The minimum atomic E-state index is -0.0229. The molecule has 1 aromatic heterocycles. The summed E-state index contributed by atoms with van der Waals surface area (Å²) in [6.45, 7) is 2.09. The van der Waals surface area contributed by atoms with Crippen molar-refractivity contribution in [1.29, 1.82) is 0 Å². The summed E-state index contributed by atoms with van der Waals surface area (Å²) in [5.41, 5.74) is 5.13. The Morgan fingerprint density at radius 2 is 1.90 bits per heavy atom. The third-order valence-electron chi connectivity index (χ3n) is 4.41. The number of aromatic nitrogens is 1. The van der Waals surface area contributed by atoms with E-state index in [1.54, 1.807) is 23.1 Å². The van der Waals surface area contributed by atoms with Crippen LogP contribution in [0.25, 0.3) is 20.8 Å². The lowest BCUT2D eigenvalue weighted by molar-refractivity contribution is -0.113. The van der Waals surface area contributed by atoms with Crippen LogP contribution in [-0.2, 0) is 10.5 Å². The predicted molar refractivity (Wildman–Crippen MR) is 126 cm³/mol. The average Bonchev–Trinajstić information content (AvgIpc) is 3.13. The van der Waals surface area contributed by atoms with Crippen molar-refractivity contribution >= 4 is 56.5 Å². The van der Waals surface area contributed by atoms with E-state index in [2.05, 4.69) is 30.4 Å². The molecule has 4 rings (SSSR count). The molecule has 0 aliphatic rings. The van der Waals surface area contributed by atoms with E-state index in [0.717, 1.165) is 32.4 Å². The van der Waals surface area contributed by atoms with Crippen molar-refractivity contribution in [3.8, 4) is 10.6 Å². The van der Waals surface area contributed by atoms with Crippen LogP contribution in [-0.4, -0.2) is 16.6 Å². The molecule has 29 heavy (non-hydrogen) atoms. The molecular weight excluding hydrogens is 420 g/mol. The van der Waals surface area contributed by atoms with Crippen LogP contribution in [0.15, 0.2) is 66.7 Å². The average molecular weight is 439 g/mol. The Balaban J connectivity index is 1.35. The van der Waals surface area contributed by atoms with Crippen LogP contribution in [0.3, 0.4) is 0 Å². The van der Waals surface area contributed by atoms with Gasteiger partial charge >= 0.3 is 0 Å². The molecular formula is C23H19ClN2OS2. The molecule has 0 radical (unpaired) electrons. The molecule has 3 aromatic carbocycles. The van der Waals surface area contributed by atoms with E-state index in [1.165, 1.54) is 10.3 Å². The summed E-state index contributed by atoms with van der Waals surface area (Å²) in [7, 11) is 0. The van der Waals surface area contributed by atoms with Crippen LogP contribution in [0.1, 0.15) is 11.1 Å². The minimum Gasteiger partial charge on any atom is -0.325 e. The number of carbonyl (C=O) groups is 1. The second-order valence-electron chi connectivity index (χ2n) is 6.70. The second kappa shape index (κ2) is 8.99. The van der Waals surface area contributed by atoms with Gasteiger partial charge in [-0.1, -0.05) is 35.9 Å². The highest BCUT2D eigenvalue weighted by Gasteiger charge is 2.08. The van der Waals surface area contributed by atoms with Crippen LogP contribution in [0.4, 0.5) is 5.69 Å². The van der Waals surface area contributed by atoms with Crippen molar-refractivity contribution in [3.05, 3.63) is 82.9 Å². The first-order valence-corrected chi connectivity index (χ1v) is 11.5. The molecule has 4 aromatic rings. The maximum atomic E-state index is 12.2. The van der Waals surface area contributed by atoms with Gasteiger partial charge in [-0.25, -0.2) is 4.98 Å². The molecule has 3 nitrogen and oxygen atoms in total. The third-order valence-corrected chi connectivity index (χ3v) is 6.83. The number of nitrogens with one attached hydrogen (secondary N) is 1. The molecule has 1 amide bonds. The number of anilines is 1. The van der Waals surface area contributed by atoms with Crippen molar-refractivity contribution in [2.45, 2.75) is 12.7 Å². The highest BCUT2D eigenvalue weighted by Crippen LogP contribution is 2.31. The summed E-state index contributed by atoms with van der Waals surface area (Å²) in [5.74, 6) is 1.07. The lowest BCUT2D eigenvalue weighted by Crippen LogP contribution is -2.14. The first-order chi connectivity index (χ1) is 14.1. The van der Waals surface area contributed by atoms with Crippen LogP contribution in [0, 0.1) is 6.92 Å². The number of amides is 1. The van der Waals surface area contributed by atoms with Crippen molar-refractivity contribution in [2.75, 3.05) is 11.1 Å². The standard InChI is InChI=1S/C23H19ClN2OS2/c1-15-6-11-20-21(12-15)29-23(26-20)16-7-9-18(10-8-16)25-22(27)14-28-13-17-4-2-3-5-19(17)24/h2-12H,13-14H2,1H3,(H,25,27). The maximum Gasteiger partial charge on any atom is 0.234 e. The molecule has 0 saturated carbocycles. The summed E-state index contributed by atoms with van der Waals surface area (Å²) < 4.78 is 1.19. The van der Waals surface area contributed by atoms with Crippen molar-refractivity contribution in [1.82, 2.24) is 4.98 Å². The number of halogens is 1. The van der Waals surface area contributed by atoms with Crippen molar-refractivity contribution in [3.63, 3.8) is 0 Å². The number of nitrogens with zero attached hydrogens (tertiary/aromatic N) is 1. The SMILES string of the molecule is Cc1ccc2nc(-c3ccc(NC(=O)CSCc4ccccc4Cl)cc3)sc2c1. The molecule has 0 saturated heterocycles. The number of rotatable bonds is 6. The van der Waals surface area contributed by atoms with Crippen molar-refractivity contribution < 1.29 is 4.79 Å². The van der Waals surface area contributed by atoms with Crippen LogP contribution in [0.2, 0.25) is 5.02 Å². The van der Waals surface area contributed by atoms with Crippen LogP contribution < -0.4 is 5.32 Å². The zero-order valence-corrected chi connectivity index (χ0v) is 18.2. The fourth-order valence-electron chi connectivity index (χ4n) is 2.92. The van der Waals surface area contributed by atoms with E-state index in [1.807, 2.05) is 48.5 Å². The van der Waals surface area contributed by atoms with Gasteiger partial charge in [0.15, 0.2) is 0 Å².